The van der Waals surface area contributed by atoms with Crippen molar-refractivity contribution >= 4 is 15.8 Å². The second-order valence-corrected chi connectivity index (χ2v) is 9.22. The van der Waals surface area contributed by atoms with Gasteiger partial charge in [-0.15, -0.1) is 0 Å². The fraction of sp³-hybridized carbons (Fsp3) is 0.800. The lowest BCUT2D eigenvalue weighted by Gasteiger charge is -2.28. The lowest BCUT2D eigenvalue weighted by atomic mass is 9.93. The molecule has 3 rings (SSSR count). The molecule has 1 aromatic heterocycles. The van der Waals surface area contributed by atoms with Crippen LogP contribution in [0.4, 0.5) is 0 Å². The molecular formula is C15H24N4O4S. The van der Waals surface area contributed by atoms with Gasteiger partial charge < -0.3 is 10.0 Å². The van der Waals surface area contributed by atoms with Crippen LogP contribution >= 0.6 is 0 Å². The maximum atomic E-state index is 11.7. The highest BCUT2D eigenvalue weighted by Gasteiger charge is 2.33. The molecule has 0 aromatic carbocycles. The van der Waals surface area contributed by atoms with Gasteiger partial charge in [0.1, 0.15) is 12.4 Å². The molecule has 3 heterocycles. The molecule has 2 aliphatic heterocycles. The molecule has 1 aromatic rings. The highest BCUT2D eigenvalue weighted by molar-refractivity contribution is 7.91. The predicted octanol–water partition coefficient (Wildman–Crippen LogP) is 0.149. The molecule has 9 heteroatoms. The SMILES string of the molecule is CN1CCC(Cc2nc(C3CCS(=O)(=O)C3)n(CC(=O)O)n2)CC1. The fourth-order valence-corrected chi connectivity index (χ4v) is 5.30. The minimum absolute atomic E-state index is 0.0407. The minimum atomic E-state index is -3.05. The molecule has 24 heavy (non-hydrogen) atoms. The average molecular weight is 356 g/mol. The second kappa shape index (κ2) is 6.79. The van der Waals surface area contributed by atoms with Gasteiger partial charge in [-0.05, 0) is 45.3 Å². The standard InChI is InChI=1S/C15H24N4O4S/c1-18-5-2-11(3-6-18)8-13-16-15(19(17-13)9-14(20)21)12-4-7-24(22,23)10-12/h11-12H,2-10H2,1H3,(H,20,21). The van der Waals surface area contributed by atoms with E-state index in [4.69, 9.17) is 5.11 Å². The molecule has 0 aliphatic carbocycles. The summed E-state index contributed by atoms with van der Waals surface area (Å²) in [6.45, 7) is 1.83. The third kappa shape index (κ3) is 4.13. The summed E-state index contributed by atoms with van der Waals surface area (Å²) in [5, 5.41) is 13.5. The van der Waals surface area contributed by atoms with Gasteiger partial charge in [0.15, 0.2) is 15.7 Å². The van der Waals surface area contributed by atoms with Gasteiger partial charge in [-0.1, -0.05) is 0 Å². The van der Waals surface area contributed by atoms with Crippen molar-refractivity contribution in [1.82, 2.24) is 19.7 Å². The van der Waals surface area contributed by atoms with Gasteiger partial charge >= 0.3 is 5.97 Å². The van der Waals surface area contributed by atoms with Crippen molar-refractivity contribution in [1.29, 1.82) is 0 Å². The monoisotopic (exact) mass is 356 g/mol. The van der Waals surface area contributed by atoms with Gasteiger partial charge in [0.2, 0.25) is 0 Å². The third-order valence-electron chi connectivity index (χ3n) is 4.94. The molecule has 1 unspecified atom stereocenters. The Bertz CT molecular complexity index is 707. The Balaban J connectivity index is 1.77. The number of carboxylic acid groups (broad SMARTS) is 1. The highest BCUT2D eigenvalue weighted by atomic mass is 32.2. The van der Waals surface area contributed by atoms with Crippen LogP contribution in [-0.2, 0) is 27.6 Å². The van der Waals surface area contributed by atoms with Crippen molar-refractivity contribution in [2.24, 2.45) is 5.92 Å². The molecule has 2 saturated heterocycles. The first-order valence-electron chi connectivity index (χ1n) is 8.37. The topological polar surface area (TPSA) is 105 Å². The van der Waals surface area contributed by atoms with Crippen molar-refractivity contribution in [2.45, 2.75) is 38.1 Å². The molecule has 2 aliphatic rings. The van der Waals surface area contributed by atoms with Gasteiger partial charge in [0.05, 0.1) is 11.5 Å². The summed E-state index contributed by atoms with van der Waals surface area (Å²) in [4.78, 5) is 17.9. The lowest BCUT2D eigenvalue weighted by molar-refractivity contribution is -0.137. The first kappa shape index (κ1) is 17.3. The number of likely N-dealkylation sites (tertiary alicyclic amines) is 1. The van der Waals surface area contributed by atoms with E-state index in [0.29, 0.717) is 24.0 Å². The Morgan fingerprint density at radius 2 is 2.00 bits per heavy atom. The number of carboxylic acids is 1. The van der Waals surface area contributed by atoms with Gasteiger partial charge in [-0.2, -0.15) is 5.10 Å². The van der Waals surface area contributed by atoms with Gasteiger partial charge in [-0.3, -0.25) is 4.79 Å². The Hall–Kier alpha value is -1.48. The summed E-state index contributed by atoms with van der Waals surface area (Å²) in [7, 11) is -0.941. The van der Waals surface area contributed by atoms with Crippen LogP contribution in [0.2, 0.25) is 0 Å². The molecule has 0 amide bonds. The molecule has 8 nitrogen and oxygen atoms in total. The van der Waals surface area contributed by atoms with E-state index in [0.717, 1.165) is 32.4 Å². The van der Waals surface area contributed by atoms with E-state index < -0.39 is 15.8 Å². The normalized spacial score (nSPS) is 25.1. The molecular weight excluding hydrogens is 332 g/mol. The summed E-state index contributed by atoms with van der Waals surface area (Å²) in [5.41, 5.74) is 0. The van der Waals surface area contributed by atoms with Crippen LogP contribution in [0.25, 0.3) is 0 Å². The summed E-state index contributed by atoms with van der Waals surface area (Å²) >= 11 is 0. The smallest absolute Gasteiger partial charge is 0.325 e. The van der Waals surface area contributed by atoms with Crippen molar-refractivity contribution in [3.8, 4) is 0 Å². The maximum Gasteiger partial charge on any atom is 0.325 e. The Labute approximate surface area is 141 Å². The maximum absolute atomic E-state index is 11.7. The highest BCUT2D eigenvalue weighted by Crippen LogP contribution is 2.28. The quantitative estimate of drug-likeness (QED) is 0.800. The van der Waals surface area contributed by atoms with Crippen molar-refractivity contribution in [2.75, 3.05) is 31.6 Å². The predicted molar refractivity (Wildman–Crippen MR) is 87.6 cm³/mol. The van der Waals surface area contributed by atoms with Crippen molar-refractivity contribution in [3.63, 3.8) is 0 Å². The molecule has 2 fully saturated rings. The van der Waals surface area contributed by atoms with E-state index in [-0.39, 0.29) is 24.0 Å². The van der Waals surface area contributed by atoms with Crippen LogP contribution in [0.15, 0.2) is 0 Å². The van der Waals surface area contributed by atoms with E-state index in [1.54, 1.807) is 0 Å². The van der Waals surface area contributed by atoms with Gasteiger partial charge in [0.25, 0.3) is 0 Å². The van der Waals surface area contributed by atoms with Crippen LogP contribution in [0.3, 0.4) is 0 Å². The number of aromatic nitrogens is 3. The zero-order valence-electron chi connectivity index (χ0n) is 13.9. The van der Waals surface area contributed by atoms with Crippen LogP contribution in [0.5, 0.6) is 0 Å². The Kier molecular flexibility index (Phi) is 4.91. The number of nitrogens with zero attached hydrogens (tertiary/aromatic N) is 4. The molecule has 1 N–H and O–H groups in total. The minimum Gasteiger partial charge on any atom is -0.480 e. The number of carbonyl (C=O) groups is 1. The van der Waals surface area contributed by atoms with Crippen LogP contribution in [0, 0.1) is 5.92 Å². The van der Waals surface area contributed by atoms with Crippen LogP contribution < -0.4 is 0 Å². The second-order valence-electron chi connectivity index (χ2n) is 6.99. The first-order chi connectivity index (χ1) is 11.3. The van der Waals surface area contributed by atoms with Crippen molar-refractivity contribution < 1.29 is 18.3 Å². The molecule has 0 bridgehead atoms. The van der Waals surface area contributed by atoms with Crippen molar-refractivity contribution in [3.05, 3.63) is 11.6 Å². The molecule has 1 atom stereocenters. The lowest BCUT2D eigenvalue weighted by Crippen LogP contribution is -2.31. The van der Waals surface area contributed by atoms with Gasteiger partial charge in [0, 0.05) is 12.3 Å². The zero-order chi connectivity index (χ0) is 17.3. The summed E-state index contributed by atoms with van der Waals surface area (Å²) in [6, 6.07) is 0. The van der Waals surface area contributed by atoms with Crippen LogP contribution in [-0.4, -0.2) is 70.8 Å². The zero-order valence-corrected chi connectivity index (χ0v) is 14.7. The van der Waals surface area contributed by atoms with Gasteiger partial charge in [-0.25, -0.2) is 18.1 Å². The largest absolute Gasteiger partial charge is 0.480 e. The molecule has 0 spiro atoms. The Morgan fingerprint density at radius 3 is 2.58 bits per heavy atom. The van der Waals surface area contributed by atoms with E-state index in [9.17, 15) is 13.2 Å². The Morgan fingerprint density at radius 1 is 1.29 bits per heavy atom. The number of hydrogen-bond acceptors (Lipinski definition) is 6. The van der Waals surface area contributed by atoms with E-state index >= 15 is 0 Å². The van der Waals surface area contributed by atoms with E-state index in [1.165, 1.54) is 4.68 Å². The molecule has 0 radical (unpaired) electrons. The molecule has 134 valence electrons. The van der Waals surface area contributed by atoms with E-state index in [1.807, 2.05) is 0 Å². The van der Waals surface area contributed by atoms with E-state index in [2.05, 4.69) is 22.0 Å². The van der Waals surface area contributed by atoms with Crippen LogP contribution in [0.1, 0.15) is 36.8 Å². The first-order valence-corrected chi connectivity index (χ1v) is 10.2. The number of rotatable bonds is 5. The third-order valence-corrected chi connectivity index (χ3v) is 6.70. The number of aliphatic carboxylic acids is 1. The molecule has 0 saturated carbocycles. The number of piperidine rings is 1. The fourth-order valence-electron chi connectivity index (χ4n) is 3.56. The summed E-state index contributed by atoms with van der Waals surface area (Å²) in [6.07, 6.45) is 3.38. The summed E-state index contributed by atoms with van der Waals surface area (Å²) < 4.78 is 24.8. The average Bonchev–Trinajstić information content (AvgIpc) is 3.04. The number of hydrogen-bond donors (Lipinski definition) is 1. The number of sulfone groups is 1. The summed E-state index contributed by atoms with van der Waals surface area (Å²) in [5.74, 6) is 0.607.